The molecular formula is C10H21Cl2N3O2. The summed E-state index contributed by atoms with van der Waals surface area (Å²) in [5.74, 6) is 0.569. The lowest BCUT2D eigenvalue weighted by Gasteiger charge is -2.25. The molecule has 1 aliphatic carbocycles. The van der Waals surface area contributed by atoms with Crippen LogP contribution in [0.15, 0.2) is 0 Å². The Balaban J connectivity index is 0.00000128. The monoisotopic (exact) mass is 285 g/mol. The minimum Gasteiger partial charge on any atom is -0.366 e. The third kappa shape index (κ3) is 4.97. The number of halogens is 2. The van der Waals surface area contributed by atoms with Crippen molar-refractivity contribution in [3.8, 4) is 0 Å². The van der Waals surface area contributed by atoms with E-state index in [4.69, 9.17) is 10.5 Å². The normalized spacial score (nSPS) is 25.1. The first-order chi connectivity index (χ1) is 7.31. The van der Waals surface area contributed by atoms with Crippen molar-refractivity contribution in [2.75, 3.05) is 26.2 Å². The summed E-state index contributed by atoms with van der Waals surface area (Å²) in [4.78, 5) is 11.8. The van der Waals surface area contributed by atoms with Crippen LogP contribution < -0.4 is 16.4 Å². The summed E-state index contributed by atoms with van der Waals surface area (Å²) in [6.45, 7) is 2.56. The first kappa shape index (κ1) is 16.9. The summed E-state index contributed by atoms with van der Waals surface area (Å²) < 4.78 is 5.37. The van der Waals surface area contributed by atoms with Gasteiger partial charge in [-0.25, -0.2) is 0 Å². The Labute approximate surface area is 114 Å². The lowest BCUT2D eigenvalue weighted by molar-refractivity contribution is -0.135. The van der Waals surface area contributed by atoms with E-state index in [1.54, 1.807) is 0 Å². The maximum atomic E-state index is 11.8. The van der Waals surface area contributed by atoms with Crippen molar-refractivity contribution < 1.29 is 9.53 Å². The minimum atomic E-state index is -0.341. The van der Waals surface area contributed by atoms with Gasteiger partial charge in [0.05, 0.1) is 6.61 Å². The molecule has 0 aromatic carbocycles. The van der Waals surface area contributed by atoms with Crippen LogP contribution in [0.25, 0.3) is 0 Å². The van der Waals surface area contributed by atoms with Gasteiger partial charge in [0.2, 0.25) is 0 Å². The van der Waals surface area contributed by atoms with E-state index in [0.29, 0.717) is 25.6 Å². The summed E-state index contributed by atoms with van der Waals surface area (Å²) in [7, 11) is 0. The van der Waals surface area contributed by atoms with Gasteiger partial charge in [-0.05, 0) is 18.8 Å². The second kappa shape index (κ2) is 8.11. The summed E-state index contributed by atoms with van der Waals surface area (Å²) in [5, 5.41) is 6.10. The Morgan fingerprint density at radius 2 is 2.18 bits per heavy atom. The largest absolute Gasteiger partial charge is 0.366 e. The van der Waals surface area contributed by atoms with Crippen LogP contribution in [0, 0.1) is 5.92 Å². The van der Waals surface area contributed by atoms with Gasteiger partial charge in [0.25, 0.3) is 5.91 Å². The molecular weight excluding hydrogens is 265 g/mol. The van der Waals surface area contributed by atoms with Gasteiger partial charge >= 0.3 is 0 Å². The zero-order valence-corrected chi connectivity index (χ0v) is 11.3. The van der Waals surface area contributed by atoms with E-state index in [-0.39, 0.29) is 42.9 Å². The van der Waals surface area contributed by atoms with E-state index in [1.165, 1.54) is 12.8 Å². The summed E-state index contributed by atoms with van der Waals surface area (Å²) in [6, 6.07) is 0.142. The number of ether oxygens (including phenoxy) is 1. The summed E-state index contributed by atoms with van der Waals surface area (Å²) in [5.41, 5.74) is 5.62. The number of nitrogens with one attached hydrogen (secondary N) is 2. The standard InChI is InChI=1S/C10H19N3O2.2ClH/c11-5-8(7-1-2-7)13-10(14)9-6-12-3-4-15-9;;/h7-9,12H,1-6,11H2,(H,13,14);2*1H/t8?,9-;;/m1../s1. The Bertz CT molecular complexity index is 234. The number of carbonyl (C=O) groups excluding carboxylic acids is 1. The number of nitrogens with two attached hydrogens (primary N) is 1. The van der Waals surface area contributed by atoms with Gasteiger partial charge in [-0.1, -0.05) is 0 Å². The summed E-state index contributed by atoms with van der Waals surface area (Å²) >= 11 is 0. The fourth-order valence-electron chi connectivity index (χ4n) is 1.88. The molecule has 17 heavy (non-hydrogen) atoms. The van der Waals surface area contributed by atoms with Crippen molar-refractivity contribution in [1.29, 1.82) is 0 Å². The van der Waals surface area contributed by atoms with Crippen LogP contribution in [-0.2, 0) is 9.53 Å². The minimum absolute atomic E-state index is 0. The van der Waals surface area contributed by atoms with Crippen LogP contribution in [0.5, 0.6) is 0 Å². The Kier molecular flexibility index (Phi) is 8.07. The number of hydrogen-bond acceptors (Lipinski definition) is 4. The molecule has 102 valence electrons. The van der Waals surface area contributed by atoms with Crippen LogP contribution in [-0.4, -0.2) is 44.3 Å². The van der Waals surface area contributed by atoms with Crippen molar-refractivity contribution in [3.63, 3.8) is 0 Å². The Morgan fingerprint density at radius 3 is 2.65 bits per heavy atom. The molecule has 0 spiro atoms. The van der Waals surface area contributed by atoms with Crippen molar-refractivity contribution >= 4 is 30.7 Å². The second-order valence-corrected chi connectivity index (χ2v) is 4.25. The highest BCUT2D eigenvalue weighted by atomic mass is 35.5. The van der Waals surface area contributed by atoms with E-state index in [1.807, 2.05) is 0 Å². The molecule has 1 amide bonds. The average molecular weight is 286 g/mol. The number of carbonyl (C=O) groups is 1. The predicted octanol–water partition coefficient (Wildman–Crippen LogP) is -0.328. The topological polar surface area (TPSA) is 76.4 Å². The van der Waals surface area contributed by atoms with E-state index < -0.39 is 0 Å². The molecule has 1 aliphatic heterocycles. The van der Waals surface area contributed by atoms with Gasteiger partial charge in [-0.15, -0.1) is 24.8 Å². The third-order valence-corrected chi connectivity index (χ3v) is 2.99. The number of rotatable bonds is 4. The lowest BCUT2D eigenvalue weighted by atomic mass is 10.1. The molecule has 2 rings (SSSR count). The Hall–Kier alpha value is -0.0700. The van der Waals surface area contributed by atoms with E-state index in [9.17, 15) is 4.79 Å². The second-order valence-electron chi connectivity index (χ2n) is 4.25. The van der Waals surface area contributed by atoms with Crippen LogP contribution in [0.3, 0.4) is 0 Å². The molecule has 0 aromatic rings. The molecule has 1 saturated heterocycles. The molecule has 7 heteroatoms. The van der Waals surface area contributed by atoms with Gasteiger partial charge in [-0.3, -0.25) is 4.79 Å². The quantitative estimate of drug-likeness (QED) is 0.661. The van der Waals surface area contributed by atoms with Gasteiger partial charge < -0.3 is 21.1 Å². The zero-order valence-electron chi connectivity index (χ0n) is 9.69. The molecule has 1 unspecified atom stereocenters. The van der Waals surface area contributed by atoms with Crippen molar-refractivity contribution in [2.24, 2.45) is 11.7 Å². The van der Waals surface area contributed by atoms with Gasteiger partial charge in [0, 0.05) is 25.7 Å². The maximum Gasteiger partial charge on any atom is 0.250 e. The van der Waals surface area contributed by atoms with Gasteiger partial charge in [0.1, 0.15) is 6.10 Å². The molecule has 2 aliphatic rings. The van der Waals surface area contributed by atoms with E-state index in [0.717, 1.165) is 6.54 Å². The predicted molar refractivity (Wildman–Crippen MR) is 70.8 cm³/mol. The summed E-state index contributed by atoms with van der Waals surface area (Å²) in [6.07, 6.45) is 2.03. The number of amides is 1. The SMILES string of the molecule is Cl.Cl.NCC(NC(=O)[C@H]1CNCCO1)C1CC1. The van der Waals surface area contributed by atoms with Crippen molar-refractivity contribution in [2.45, 2.75) is 25.0 Å². The molecule has 5 nitrogen and oxygen atoms in total. The molecule has 2 atom stereocenters. The zero-order chi connectivity index (χ0) is 10.7. The van der Waals surface area contributed by atoms with Crippen LogP contribution in [0.1, 0.15) is 12.8 Å². The fourth-order valence-corrected chi connectivity index (χ4v) is 1.88. The molecule has 0 aromatic heterocycles. The third-order valence-electron chi connectivity index (χ3n) is 2.99. The first-order valence-corrected chi connectivity index (χ1v) is 5.64. The highest BCUT2D eigenvalue weighted by molar-refractivity contribution is 5.85. The van der Waals surface area contributed by atoms with Crippen LogP contribution in [0.2, 0.25) is 0 Å². The van der Waals surface area contributed by atoms with Gasteiger partial charge in [-0.2, -0.15) is 0 Å². The van der Waals surface area contributed by atoms with E-state index >= 15 is 0 Å². The highest BCUT2D eigenvalue weighted by Crippen LogP contribution is 2.32. The van der Waals surface area contributed by atoms with Crippen molar-refractivity contribution in [3.05, 3.63) is 0 Å². The maximum absolute atomic E-state index is 11.8. The van der Waals surface area contributed by atoms with Gasteiger partial charge in [0.15, 0.2) is 0 Å². The molecule has 2 fully saturated rings. The lowest BCUT2D eigenvalue weighted by Crippen LogP contribution is -2.52. The van der Waals surface area contributed by atoms with E-state index in [2.05, 4.69) is 10.6 Å². The van der Waals surface area contributed by atoms with Crippen molar-refractivity contribution in [1.82, 2.24) is 10.6 Å². The molecule has 4 N–H and O–H groups in total. The number of morpholine rings is 1. The molecule has 1 saturated carbocycles. The average Bonchev–Trinajstić information content (AvgIpc) is 3.10. The first-order valence-electron chi connectivity index (χ1n) is 5.64. The highest BCUT2D eigenvalue weighted by Gasteiger charge is 2.33. The number of hydrogen-bond donors (Lipinski definition) is 3. The smallest absolute Gasteiger partial charge is 0.250 e. The Morgan fingerprint density at radius 1 is 1.47 bits per heavy atom. The molecule has 1 heterocycles. The van der Waals surface area contributed by atoms with Crippen LogP contribution in [0.4, 0.5) is 0 Å². The van der Waals surface area contributed by atoms with Crippen LogP contribution >= 0.6 is 24.8 Å². The molecule has 0 radical (unpaired) electrons. The fraction of sp³-hybridized carbons (Fsp3) is 0.900. The molecule has 0 bridgehead atoms.